The van der Waals surface area contributed by atoms with Gasteiger partial charge in [-0.1, -0.05) is 42.5 Å². The molecule has 1 heterocycles. The number of hydrogen-bond acceptors (Lipinski definition) is 3. The van der Waals surface area contributed by atoms with E-state index in [9.17, 15) is 10.1 Å². The van der Waals surface area contributed by atoms with E-state index < -0.39 is 5.91 Å². The van der Waals surface area contributed by atoms with Gasteiger partial charge in [0.15, 0.2) is 0 Å². The number of carbonyl (C=O) groups is 1. The van der Waals surface area contributed by atoms with E-state index in [-0.39, 0.29) is 5.57 Å². The lowest BCUT2D eigenvalue weighted by Gasteiger charge is -2.13. The van der Waals surface area contributed by atoms with E-state index in [1.165, 1.54) is 0 Å². The summed E-state index contributed by atoms with van der Waals surface area (Å²) >= 11 is 0. The van der Waals surface area contributed by atoms with Crippen molar-refractivity contribution in [1.29, 1.82) is 5.26 Å². The van der Waals surface area contributed by atoms with Crippen molar-refractivity contribution in [3.8, 4) is 17.5 Å². The zero-order valence-corrected chi connectivity index (χ0v) is 18.9. The Kier molecular flexibility index (Phi) is 6.28. The molecule has 4 rings (SSSR count). The van der Waals surface area contributed by atoms with Gasteiger partial charge < -0.3 is 14.6 Å². The largest absolute Gasteiger partial charge is 0.494 e. The summed E-state index contributed by atoms with van der Waals surface area (Å²) in [5.41, 5.74) is 4.50. The molecule has 0 bridgehead atoms. The van der Waals surface area contributed by atoms with Crippen molar-refractivity contribution in [1.82, 2.24) is 4.57 Å². The molecule has 33 heavy (non-hydrogen) atoms. The van der Waals surface area contributed by atoms with Gasteiger partial charge in [-0.15, -0.1) is 0 Å². The van der Waals surface area contributed by atoms with Gasteiger partial charge in [-0.2, -0.15) is 5.26 Å². The average Bonchev–Trinajstić information content (AvgIpc) is 3.10. The maximum Gasteiger partial charge on any atom is 0.266 e. The van der Waals surface area contributed by atoms with E-state index >= 15 is 0 Å². The molecule has 0 atom stereocenters. The SMILES string of the molecule is CCOc1cccc(NC(=O)/C(C#N)=C\c2cc(C)n(-c3cccc4ccccc34)c2C)c1. The summed E-state index contributed by atoms with van der Waals surface area (Å²) in [4.78, 5) is 12.8. The first kappa shape index (κ1) is 21.9. The number of nitrogens with zero attached hydrogens (tertiary/aromatic N) is 2. The van der Waals surface area contributed by atoms with E-state index in [1.54, 1.807) is 24.3 Å². The van der Waals surface area contributed by atoms with E-state index in [1.807, 2.05) is 57.2 Å². The van der Waals surface area contributed by atoms with Crippen LogP contribution in [0.1, 0.15) is 23.9 Å². The molecule has 4 aromatic rings. The third-order valence-corrected chi connectivity index (χ3v) is 5.55. The van der Waals surface area contributed by atoms with Gasteiger partial charge in [0.2, 0.25) is 0 Å². The second-order valence-corrected chi connectivity index (χ2v) is 7.74. The standard InChI is InChI=1S/C28H25N3O2/c1-4-33-25-12-8-11-24(17-25)30-28(32)23(18-29)16-22-15-19(2)31(20(22)3)27-14-7-10-21-9-5-6-13-26(21)27/h5-17H,4H2,1-3H3,(H,30,32)/b23-16-. The van der Waals surface area contributed by atoms with Crippen molar-refractivity contribution in [2.45, 2.75) is 20.8 Å². The number of benzene rings is 3. The zero-order valence-electron chi connectivity index (χ0n) is 18.9. The summed E-state index contributed by atoms with van der Waals surface area (Å²) in [5, 5.41) is 14.8. The fraction of sp³-hybridized carbons (Fsp3) is 0.143. The number of ether oxygens (including phenoxy) is 1. The van der Waals surface area contributed by atoms with Crippen molar-refractivity contribution in [3.05, 3.63) is 95.3 Å². The highest BCUT2D eigenvalue weighted by Crippen LogP contribution is 2.28. The summed E-state index contributed by atoms with van der Waals surface area (Å²) in [6.45, 7) is 6.46. The molecule has 1 N–H and O–H groups in total. The van der Waals surface area contributed by atoms with Crippen LogP contribution < -0.4 is 10.1 Å². The minimum atomic E-state index is -0.457. The third-order valence-electron chi connectivity index (χ3n) is 5.55. The number of carbonyl (C=O) groups excluding carboxylic acids is 1. The number of rotatable bonds is 6. The zero-order chi connectivity index (χ0) is 23.4. The Morgan fingerprint density at radius 3 is 2.61 bits per heavy atom. The maximum absolute atomic E-state index is 12.8. The molecule has 0 aliphatic heterocycles. The van der Waals surface area contributed by atoms with E-state index in [0.29, 0.717) is 18.0 Å². The van der Waals surface area contributed by atoms with Gasteiger partial charge in [0.1, 0.15) is 17.4 Å². The lowest BCUT2D eigenvalue weighted by molar-refractivity contribution is -0.112. The smallest absolute Gasteiger partial charge is 0.266 e. The molecule has 0 unspecified atom stereocenters. The maximum atomic E-state index is 12.8. The van der Waals surface area contributed by atoms with Crippen LogP contribution in [-0.4, -0.2) is 17.1 Å². The van der Waals surface area contributed by atoms with Gasteiger partial charge in [0.05, 0.1) is 12.3 Å². The van der Waals surface area contributed by atoms with Gasteiger partial charge in [-0.05, 0) is 62.1 Å². The highest BCUT2D eigenvalue weighted by Gasteiger charge is 2.15. The van der Waals surface area contributed by atoms with Crippen molar-refractivity contribution in [2.24, 2.45) is 0 Å². The molecular formula is C28H25N3O2. The molecule has 5 nitrogen and oxygen atoms in total. The van der Waals surface area contributed by atoms with Crippen LogP contribution in [0.15, 0.2) is 78.4 Å². The molecule has 0 aliphatic carbocycles. The summed E-state index contributed by atoms with van der Waals surface area (Å²) in [6, 6.07) is 25.6. The number of aromatic nitrogens is 1. The minimum absolute atomic E-state index is 0.0370. The van der Waals surface area contributed by atoms with E-state index in [4.69, 9.17) is 4.74 Å². The summed E-state index contributed by atoms with van der Waals surface area (Å²) in [7, 11) is 0. The molecule has 3 aromatic carbocycles. The lowest BCUT2D eigenvalue weighted by atomic mass is 10.1. The molecule has 0 radical (unpaired) electrons. The topological polar surface area (TPSA) is 67.0 Å². The molecule has 164 valence electrons. The summed E-state index contributed by atoms with van der Waals surface area (Å²) in [5.74, 6) is 0.206. The molecule has 1 amide bonds. The van der Waals surface area contributed by atoms with E-state index in [0.717, 1.165) is 33.4 Å². The predicted octanol–water partition coefficient (Wildman–Crippen LogP) is 6.19. The Morgan fingerprint density at radius 1 is 1.06 bits per heavy atom. The van der Waals surface area contributed by atoms with Crippen LogP contribution in [0.4, 0.5) is 5.69 Å². The first-order chi connectivity index (χ1) is 16.0. The lowest BCUT2D eigenvalue weighted by Crippen LogP contribution is -2.13. The monoisotopic (exact) mass is 435 g/mol. The minimum Gasteiger partial charge on any atom is -0.494 e. The number of nitrogens with one attached hydrogen (secondary N) is 1. The number of amides is 1. The first-order valence-electron chi connectivity index (χ1n) is 10.8. The fourth-order valence-electron chi connectivity index (χ4n) is 4.04. The van der Waals surface area contributed by atoms with Crippen LogP contribution in [0, 0.1) is 25.2 Å². The Bertz CT molecular complexity index is 1400. The second kappa shape index (κ2) is 9.46. The molecule has 0 saturated heterocycles. The molecule has 0 saturated carbocycles. The van der Waals surface area contributed by atoms with Crippen molar-refractivity contribution in [2.75, 3.05) is 11.9 Å². The summed E-state index contributed by atoms with van der Waals surface area (Å²) in [6.07, 6.45) is 1.64. The van der Waals surface area contributed by atoms with Crippen LogP contribution in [0.3, 0.4) is 0 Å². The fourth-order valence-corrected chi connectivity index (χ4v) is 4.04. The molecule has 0 fully saturated rings. The Morgan fingerprint density at radius 2 is 1.82 bits per heavy atom. The number of aryl methyl sites for hydroxylation is 1. The van der Waals surface area contributed by atoms with Crippen LogP contribution >= 0.6 is 0 Å². The number of fused-ring (bicyclic) bond motifs is 1. The first-order valence-corrected chi connectivity index (χ1v) is 10.8. The molecule has 0 aliphatic rings. The van der Waals surface area contributed by atoms with Crippen LogP contribution in [0.5, 0.6) is 5.75 Å². The number of nitriles is 1. The highest BCUT2D eigenvalue weighted by molar-refractivity contribution is 6.09. The van der Waals surface area contributed by atoms with Gasteiger partial charge in [-0.25, -0.2) is 0 Å². The second-order valence-electron chi connectivity index (χ2n) is 7.74. The van der Waals surface area contributed by atoms with Crippen molar-refractivity contribution in [3.63, 3.8) is 0 Å². The Hall–Kier alpha value is -4.30. The van der Waals surface area contributed by atoms with Crippen molar-refractivity contribution >= 4 is 28.4 Å². The Balaban J connectivity index is 1.68. The van der Waals surface area contributed by atoms with Gasteiger partial charge in [0.25, 0.3) is 5.91 Å². The normalized spacial score (nSPS) is 11.3. The average molecular weight is 436 g/mol. The van der Waals surface area contributed by atoms with Gasteiger partial charge >= 0.3 is 0 Å². The Labute approximate surface area is 193 Å². The quantitative estimate of drug-likeness (QED) is 0.290. The molecular weight excluding hydrogens is 410 g/mol. The van der Waals surface area contributed by atoms with Crippen LogP contribution in [0.25, 0.3) is 22.5 Å². The predicted molar refractivity (Wildman–Crippen MR) is 133 cm³/mol. The molecule has 1 aromatic heterocycles. The molecule has 5 heteroatoms. The third kappa shape index (κ3) is 4.51. The summed E-state index contributed by atoms with van der Waals surface area (Å²) < 4.78 is 7.64. The van der Waals surface area contributed by atoms with Gasteiger partial charge in [0, 0.05) is 28.5 Å². The highest BCUT2D eigenvalue weighted by atomic mass is 16.5. The van der Waals surface area contributed by atoms with Crippen LogP contribution in [0.2, 0.25) is 0 Å². The number of anilines is 1. The van der Waals surface area contributed by atoms with Crippen molar-refractivity contribution < 1.29 is 9.53 Å². The number of hydrogen-bond donors (Lipinski definition) is 1. The van der Waals surface area contributed by atoms with Crippen LogP contribution in [-0.2, 0) is 4.79 Å². The van der Waals surface area contributed by atoms with Gasteiger partial charge in [-0.3, -0.25) is 4.79 Å². The van der Waals surface area contributed by atoms with E-state index in [2.05, 4.69) is 34.1 Å². The molecule has 0 spiro atoms.